The third-order valence-corrected chi connectivity index (χ3v) is 6.06. The number of hydrogen-bond donors (Lipinski definition) is 0. The number of piperidine rings is 1. The van der Waals surface area contributed by atoms with Gasteiger partial charge in [-0.15, -0.1) is 0 Å². The topological polar surface area (TPSA) is 63.0 Å². The van der Waals surface area contributed by atoms with Crippen molar-refractivity contribution >= 4 is 5.91 Å². The molecule has 1 aromatic carbocycles. The number of hydrogen-bond acceptors (Lipinski definition) is 5. The van der Waals surface area contributed by atoms with Crippen molar-refractivity contribution in [1.82, 2.24) is 9.80 Å². The molecule has 3 aliphatic rings. The third-order valence-electron chi connectivity index (χ3n) is 6.06. The Bertz CT molecular complexity index is 895. The molecule has 5 rings (SSSR count). The molecule has 3 fully saturated rings. The van der Waals surface area contributed by atoms with Gasteiger partial charge in [-0.05, 0) is 43.7 Å². The lowest BCUT2D eigenvalue weighted by Gasteiger charge is -2.35. The van der Waals surface area contributed by atoms with Crippen LogP contribution < -0.4 is 10.2 Å². The zero-order valence-corrected chi connectivity index (χ0v) is 16.9. The van der Waals surface area contributed by atoms with E-state index in [0.29, 0.717) is 5.92 Å². The average Bonchev–Trinajstić information content (AvgIpc) is 3.05. The highest BCUT2D eigenvalue weighted by atomic mass is 16.5. The first-order chi connectivity index (χ1) is 14.1. The van der Waals surface area contributed by atoms with E-state index >= 15 is 0 Å². The standard InChI is InChI=1S/C23H28N2O4/c1-28-22-16-29-21(12-20(22)26)23(27)25-14-18-9-10-19(25)15-24(13-18)11-5-8-17-6-3-2-4-7-17/h2-4,6-7,12,16,18-19H,5,8-11,13-15H2,1H3/t18-,19+/m1/s1. The molecule has 6 heteroatoms. The molecule has 6 nitrogen and oxygen atoms in total. The normalized spacial score (nSPS) is 21.8. The van der Waals surface area contributed by atoms with Crippen LogP contribution in [0.2, 0.25) is 0 Å². The number of carbonyl (C=O) groups excluding carboxylic acids is 1. The van der Waals surface area contributed by atoms with Gasteiger partial charge in [-0.2, -0.15) is 0 Å². The lowest BCUT2D eigenvalue weighted by molar-refractivity contribution is 0.0549. The van der Waals surface area contributed by atoms with Crippen molar-refractivity contribution in [3.63, 3.8) is 0 Å². The van der Waals surface area contributed by atoms with E-state index in [9.17, 15) is 9.59 Å². The number of aryl methyl sites for hydroxylation is 1. The van der Waals surface area contributed by atoms with Crippen molar-refractivity contribution in [3.8, 4) is 5.75 Å². The molecule has 3 saturated heterocycles. The Morgan fingerprint density at radius 3 is 2.76 bits per heavy atom. The summed E-state index contributed by atoms with van der Waals surface area (Å²) in [5.41, 5.74) is 1.04. The van der Waals surface area contributed by atoms with E-state index in [0.717, 1.165) is 51.9 Å². The molecule has 0 saturated carbocycles. The van der Waals surface area contributed by atoms with Gasteiger partial charge in [0.05, 0.1) is 7.11 Å². The van der Waals surface area contributed by atoms with Gasteiger partial charge >= 0.3 is 0 Å². The van der Waals surface area contributed by atoms with E-state index in [1.54, 1.807) is 0 Å². The summed E-state index contributed by atoms with van der Waals surface area (Å²) in [5.74, 6) is 0.493. The lowest BCUT2D eigenvalue weighted by Crippen LogP contribution is -2.47. The molecule has 0 aliphatic carbocycles. The van der Waals surface area contributed by atoms with Crippen molar-refractivity contribution in [2.45, 2.75) is 31.7 Å². The molecule has 0 unspecified atom stereocenters. The van der Waals surface area contributed by atoms with Crippen molar-refractivity contribution < 1.29 is 13.9 Å². The smallest absolute Gasteiger partial charge is 0.290 e. The Morgan fingerprint density at radius 2 is 2.00 bits per heavy atom. The van der Waals surface area contributed by atoms with Gasteiger partial charge in [0.2, 0.25) is 11.2 Å². The number of benzene rings is 1. The molecule has 4 heterocycles. The molecule has 1 aromatic heterocycles. The summed E-state index contributed by atoms with van der Waals surface area (Å²) >= 11 is 0. The summed E-state index contributed by atoms with van der Waals surface area (Å²) < 4.78 is 10.3. The zero-order valence-electron chi connectivity index (χ0n) is 16.9. The number of methoxy groups -OCH3 is 1. The zero-order chi connectivity index (χ0) is 20.2. The van der Waals surface area contributed by atoms with Crippen LogP contribution in [0.25, 0.3) is 0 Å². The van der Waals surface area contributed by atoms with Gasteiger partial charge in [-0.1, -0.05) is 30.3 Å². The van der Waals surface area contributed by atoms with Crippen molar-refractivity contribution in [2.24, 2.45) is 5.92 Å². The lowest BCUT2D eigenvalue weighted by atomic mass is 9.95. The van der Waals surface area contributed by atoms with E-state index in [2.05, 4.69) is 29.2 Å². The first-order valence-corrected chi connectivity index (χ1v) is 10.4. The molecule has 1 amide bonds. The van der Waals surface area contributed by atoms with Gasteiger partial charge in [-0.25, -0.2) is 0 Å². The Balaban J connectivity index is 1.39. The predicted molar refractivity (Wildman–Crippen MR) is 110 cm³/mol. The molecular formula is C23H28N2O4. The minimum Gasteiger partial charge on any atom is -0.490 e. The maximum atomic E-state index is 13.0. The highest BCUT2D eigenvalue weighted by Crippen LogP contribution is 2.29. The van der Waals surface area contributed by atoms with Crippen LogP contribution in [0, 0.1) is 5.92 Å². The maximum Gasteiger partial charge on any atom is 0.290 e. The Hall–Kier alpha value is -2.60. The van der Waals surface area contributed by atoms with Crippen LogP contribution in [0.5, 0.6) is 5.75 Å². The monoisotopic (exact) mass is 396 g/mol. The van der Waals surface area contributed by atoms with Crippen LogP contribution in [0.3, 0.4) is 0 Å². The molecule has 154 valence electrons. The highest BCUT2D eigenvalue weighted by Gasteiger charge is 2.38. The fraction of sp³-hybridized carbons (Fsp3) is 0.478. The summed E-state index contributed by atoms with van der Waals surface area (Å²) in [6.45, 7) is 3.69. The van der Waals surface area contributed by atoms with Gasteiger partial charge in [0.15, 0.2) is 5.76 Å². The molecule has 3 aliphatic heterocycles. The summed E-state index contributed by atoms with van der Waals surface area (Å²) in [4.78, 5) is 29.5. The maximum absolute atomic E-state index is 13.0. The van der Waals surface area contributed by atoms with Crippen molar-refractivity contribution in [3.05, 3.63) is 64.2 Å². The number of carbonyl (C=O) groups is 1. The second-order valence-corrected chi connectivity index (χ2v) is 8.08. The highest BCUT2D eigenvalue weighted by molar-refractivity contribution is 5.91. The number of ether oxygens (including phenoxy) is 1. The van der Waals surface area contributed by atoms with Crippen molar-refractivity contribution in [1.29, 1.82) is 0 Å². The third kappa shape index (κ3) is 4.53. The fourth-order valence-electron chi connectivity index (χ4n) is 4.56. The predicted octanol–water partition coefficient (Wildman–Crippen LogP) is 2.82. The van der Waals surface area contributed by atoms with Gasteiger partial charge in [-0.3, -0.25) is 9.59 Å². The van der Waals surface area contributed by atoms with Crippen molar-refractivity contribution in [2.75, 3.05) is 33.3 Å². The summed E-state index contributed by atoms with van der Waals surface area (Å²) in [6.07, 6.45) is 5.57. The van der Waals surface area contributed by atoms with Gasteiger partial charge in [0.1, 0.15) is 6.26 Å². The van der Waals surface area contributed by atoms with E-state index in [1.807, 2.05) is 11.0 Å². The van der Waals surface area contributed by atoms with E-state index in [4.69, 9.17) is 9.15 Å². The second-order valence-electron chi connectivity index (χ2n) is 8.08. The quantitative estimate of drug-likeness (QED) is 0.751. The minimum atomic E-state index is -0.329. The van der Waals surface area contributed by atoms with Gasteiger partial charge in [0, 0.05) is 31.7 Å². The molecule has 29 heavy (non-hydrogen) atoms. The summed E-state index contributed by atoms with van der Waals surface area (Å²) in [5, 5.41) is 0. The minimum absolute atomic E-state index is 0.0963. The largest absolute Gasteiger partial charge is 0.490 e. The average molecular weight is 396 g/mol. The number of nitrogens with zero attached hydrogens (tertiary/aromatic N) is 2. The molecule has 2 atom stereocenters. The Labute approximate surface area is 171 Å². The number of rotatable bonds is 6. The van der Waals surface area contributed by atoms with Crippen LogP contribution in [0.4, 0.5) is 0 Å². The van der Waals surface area contributed by atoms with Crippen LogP contribution in [0.1, 0.15) is 35.4 Å². The van der Waals surface area contributed by atoms with E-state index in [1.165, 1.54) is 25.0 Å². The SMILES string of the molecule is COc1coc(C(=O)N2C[C@@H]3CC[C@H]2CN(CCCc2ccccc2)C3)cc1=O. The van der Waals surface area contributed by atoms with E-state index < -0.39 is 0 Å². The first-order valence-electron chi connectivity index (χ1n) is 10.4. The van der Waals surface area contributed by atoms with Gasteiger partial charge < -0.3 is 19.0 Å². The Morgan fingerprint density at radius 1 is 1.17 bits per heavy atom. The molecule has 0 spiro atoms. The number of amides is 1. The Kier molecular flexibility index (Phi) is 6.00. The molecule has 0 N–H and O–H groups in total. The van der Waals surface area contributed by atoms with Crippen LogP contribution in [0.15, 0.2) is 51.9 Å². The van der Waals surface area contributed by atoms with E-state index in [-0.39, 0.29) is 28.9 Å². The van der Waals surface area contributed by atoms with Crippen LogP contribution in [-0.4, -0.2) is 55.0 Å². The van der Waals surface area contributed by atoms with Crippen LogP contribution in [-0.2, 0) is 6.42 Å². The van der Waals surface area contributed by atoms with Crippen LogP contribution >= 0.6 is 0 Å². The molecular weight excluding hydrogens is 368 g/mol. The summed E-state index contributed by atoms with van der Waals surface area (Å²) in [6, 6.07) is 12.0. The molecule has 0 radical (unpaired) electrons. The summed E-state index contributed by atoms with van der Waals surface area (Å²) in [7, 11) is 1.41. The second kappa shape index (κ2) is 8.82. The first kappa shape index (κ1) is 19.7. The molecule has 2 aromatic rings. The van der Waals surface area contributed by atoms with Gasteiger partial charge in [0.25, 0.3) is 5.91 Å². The number of fused-ring (bicyclic) bond motifs is 4. The fourth-order valence-corrected chi connectivity index (χ4v) is 4.56. The molecule has 2 bridgehead atoms.